The molecular weight excluding hydrogens is 276 g/mol. The second-order valence-electron chi connectivity index (χ2n) is 5.86. The number of carbonyl (C=O) groups is 1. The topological polar surface area (TPSA) is 62.2 Å². The fourth-order valence-electron chi connectivity index (χ4n) is 2.60. The average molecular weight is 296 g/mol. The van der Waals surface area contributed by atoms with E-state index >= 15 is 0 Å². The van der Waals surface area contributed by atoms with Gasteiger partial charge in [-0.25, -0.2) is 0 Å². The minimum atomic E-state index is -0.853. The Morgan fingerprint density at radius 1 is 1.23 bits per heavy atom. The molecule has 0 saturated heterocycles. The molecule has 0 aliphatic heterocycles. The third-order valence-corrected chi connectivity index (χ3v) is 4.22. The van der Waals surface area contributed by atoms with Crippen molar-refractivity contribution in [3.05, 3.63) is 59.9 Å². The highest BCUT2D eigenvalue weighted by molar-refractivity contribution is 5.93. The molecule has 0 bridgehead atoms. The molecule has 22 heavy (non-hydrogen) atoms. The third kappa shape index (κ3) is 3.17. The average Bonchev–Trinajstić information content (AvgIpc) is 3.39. The van der Waals surface area contributed by atoms with Crippen molar-refractivity contribution >= 4 is 11.6 Å². The van der Waals surface area contributed by atoms with Crippen LogP contribution >= 0.6 is 0 Å². The Morgan fingerprint density at radius 3 is 2.64 bits per heavy atom. The summed E-state index contributed by atoms with van der Waals surface area (Å²) >= 11 is 0. The molecule has 1 amide bonds. The van der Waals surface area contributed by atoms with E-state index in [2.05, 4.69) is 10.3 Å². The summed E-state index contributed by atoms with van der Waals surface area (Å²) in [5.41, 5.74) is 1.88. The Bertz CT molecular complexity index is 653. The fraction of sp³-hybridized carbons (Fsp3) is 0.333. The first-order chi connectivity index (χ1) is 10.7. The van der Waals surface area contributed by atoms with Gasteiger partial charge >= 0.3 is 0 Å². The van der Waals surface area contributed by atoms with Crippen molar-refractivity contribution in [3.8, 4) is 0 Å². The summed E-state index contributed by atoms with van der Waals surface area (Å²) in [6.45, 7) is 1.96. The van der Waals surface area contributed by atoms with Crippen molar-refractivity contribution < 1.29 is 9.90 Å². The van der Waals surface area contributed by atoms with Crippen molar-refractivity contribution in [2.75, 3.05) is 5.32 Å². The van der Waals surface area contributed by atoms with Gasteiger partial charge in [-0.1, -0.05) is 31.2 Å². The standard InChI is InChI=1S/C18H20N2O2/c1-12(13-9-10-13)18(22)20-15-7-3-2-6-14(15)17(21)16-8-4-5-11-19-16/h2-8,11-13,17,21H,9-10H2,1H3,(H,20,22)/t12-,17+/m1/s1. The van der Waals surface area contributed by atoms with E-state index in [1.54, 1.807) is 18.3 Å². The number of pyridine rings is 1. The second-order valence-corrected chi connectivity index (χ2v) is 5.86. The molecule has 0 unspecified atom stereocenters. The summed E-state index contributed by atoms with van der Waals surface area (Å²) in [4.78, 5) is 16.5. The first-order valence-corrected chi connectivity index (χ1v) is 7.65. The highest BCUT2D eigenvalue weighted by atomic mass is 16.3. The predicted octanol–water partition coefficient (Wildman–Crippen LogP) is 3.15. The molecule has 4 nitrogen and oxygen atoms in total. The quantitative estimate of drug-likeness (QED) is 0.891. The number of aliphatic hydroxyl groups is 1. The van der Waals surface area contributed by atoms with Crippen LogP contribution in [0.2, 0.25) is 0 Å². The number of rotatable bonds is 5. The van der Waals surface area contributed by atoms with Crippen LogP contribution in [0.5, 0.6) is 0 Å². The lowest BCUT2D eigenvalue weighted by Crippen LogP contribution is -2.23. The molecule has 0 spiro atoms. The summed E-state index contributed by atoms with van der Waals surface area (Å²) in [5, 5.41) is 13.5. The van der Waals surface area contributed by atoms with Crippen LogP contribution in [0, 0.1) is 11.8 Å². The molecule has 2 aromatic rings. The molecule has 1 aromatic heterocycles. The number of para-hydroxylation sites is 1. The van der Waals surface area contributed by atoms with Crippen molar-refractivity contribution in [2.24, 2.45) is 11.8 Å². The van der Waals surface area contributed by atoms with Gasteiger partial charge in [0.25, 0.3) is 0 Å². The second kappa shape index (κ2) is 6.28. The third-order valence-electron chi connectivity index (χ3n) is 4.22. The van der Waals surface area contributed by atoms with Gasteiger partial charge in [0.05, 0.1) is 5.69 Å². The van der Waals surface area contributed by atoms with Gasteiger partial charge in [0.1, 0.15) is 6.10 Å². The number of carbonyl (C=O) groups excluding carboxylic acids is 1. The van der Waals surface area contributed by atoms with E-state index in [9.17, 15) is 9.90 Å². The summed E-state index contributed by atoms with van der Waals surface area (Å²) in [7, 11) is 0. The number of aliphatic hydroxyl groups excluding tert-OH is 1. The minimum Gasteiger partial charge on any atom is -0.382 e. The largest absolute Gasteiger partial charge is 0.382 e. The highest BCUT2D eigenvalue weighted by Gasteiger charge is 2.33. The van der Waals surface area contributed by atoms with Crippen LogP contribution < -0.4 is 5.32 Å². The van der Waals surface area contributed by atoms with Gasteiger partial charge in [0.2, 0.25) is 5.91 Å². The highest BCUT2D eigenvalue weighted by Crippen LogP contribution is 2.37. The van der Waals surface area contributed by atoms with Crippen molar-refractivity contribution in [1.29, 1.82) is 0 Å². The molecule has 1 fully saturated rings. The lowest BCUT2D eigenvalue weighted by atomic mass is 10.0. The number of benzene rings is 1. The zero-order chi connectivity index (χ0) is 15.5. The Kier molecular flexibility index (Phi) is 4.20. The van der Waals surface area contributed by atoms with Gasteiger partial charge in [-0.3, -0.25) is 9.78 Å². The van der Waals surface area contributed by atoms with Crippen LogP contribution in [0.4, 0.5) is 5.69 Å². The monoisotopic (exact) mass is 296 g/mol. The SMILES string of the molecule is C[C@@H](C(=O)Nc1ccccc1[C@H](O)c1ccccn1)C1CC1. The normalized spacial score (nSPS) is 16.8. The first kappa shape index (κ1) is 14.7. The Morgan fingerprint density at radius 2 is 1.95 bits per heavy atom. The van der Waals surface area contributed by atoms with Crippen molar-refractivity contribution in [1.82, 2.24) is 4.98 Å². The summed E-state index contributed by atoms with van der Waals surface area (Å²) < 4.78 is 0. The van der Waals surface area contributed by atoms with Gasteiger partial charge in [-0.2, -0.15) is 0 Å². The fourth-order valence-corrected chi connectivity index (χ4v) is 2.60. The van der Waals surface area contributed by atoms with Crippen LogP contribution in [0.3, 0.4) is 0 Å². The van der Waals surface area contributed by atoms with E-state index in [1.165, 1.54) is 0 Å². The summed E-state index contributed by atoms with van der Waals surface area (Å²) in [5.74, 6) is 0.538. The van der Waals surface area contributed by atoms with E-state index < -0.39 is 6.10 Å². The molecule has 3 rings (SSSR count). The molecular formula is C18H20N2O2. The molecule has 4 heteroatoms. The summed E-state index contributed by atoms with van der Waals surface area (Å²) in [6, 6.07) is 12.8. The number of hydrogen-bond acceptors (Lipinski definition) is 3. The Labute approximate surface area is 130 Å². The van der Waals surface area contributed by atoms with E-state index in [4.69, 9.17) is 0 Å². The maximum Gasteiger partial charge on any atom is 0.227 e. The van der Waals surface area contributed by atoms with Gasteiger partial charge in [-0.05, 0) is 37.0 Å². The van der Waals surface area contributed by atoms with Crippen molar-refractivity contribution in [3.63, 3.8) is 0 Å². The summed E-state index contributed by atoms with van der Waals surface area (Å²) in [6.07, 6.45) is 3.06. The van der Waals surface area contributed by atoms with Crippen molar-refractivity contribution in [2.45, 2.75) is 25.9 Å². The maximum atomic E-state index is 12.3. The molecule has 1 aliphatic carbocycles. The number of anilines is 1. The lowest BCUT2D eigenvalue weighted by molar-refractivity contribution is -0.119. The molecule has 2 atom stereocenters. The number of nitrogens with one attached hydrogen (secondary N) is 1. The van der Waals surface area contributed by atoms with Crippen LogP contribution in [0.15, 0.2) is 48.7 Å². The number of nitrogens with zero attached hydrogens (tertiary/aromatic N) is 1. The molecule has 2 N–H and O–H groups in total. The van der Waals surface area contributed by atoms with Crippen LogP contribution in [-0.2, 0) is 4.79 Å². The van der Waals surface area contributed by atoms with E-state index in [0.29, 0.717) is 22.9 Å². The maximum absolute atomic E-state index is 12.3. The van der Waals surface area contributed by atoms with Crippen LogP contribution in [0.1, 0.15) is 37.1 Å². The molecule has 1 heterocycles. The lowest BCUT2D eigenvalue weighted by Gasteiger charge is -2.17. The van der Waals surface area contributed by atoms with Gasteiger partial charge < -0.3 is 10.4 Å². The van der Waals surface area contributed by atoms with E-state index in [1.807, 2.05) is 37.3 Å². The van der Waals surface area contributed by atoms with Gasteiger partial charge in [-0.15, -0.1) is 0 Å². The van der Waals surface area contributed by atoms with Gasteiger partial charge in [0.15, 0.2) is 0 Å². The minimum absolute atomic E-state index is 0.0139. The van der Waals surface area contributed by atoms with E-state index in [0.717, 1.165) is 12.8 Å². The zero-order valence-electron chi connectivity index (χ0n) is 12.6. The number of hydrogen-bond donors (Lipinski definition) is 2. The first-order valence-electron chi connectivity index (χ1n) is 7.65. The predicted molar refractivity (Wildman–Crippen MR) is 85.3 cm³/mol. The Hall–Kier alpha value is -2.20. The smallest absolute Gasteiger partial charge is 0.227 e. The molecule has 1 aromatic carbocycles. The van der Waals surface area contributed by atoms with Crippen LogP contribution in [0.25, 0.3) is 0 Å². The molecule has 1 aliphatic rings. The van der Waals surface area contributed by atoms with E-state index in [-0.39, 0.29) is 11.8 Å². The molecule has 1 saturated carbocycles. The Balaban J connectivity index is 1.82. The number of aromatic nitrogens is 1. The van der Waals surface area contributed by atoms with Gasteiger partial charge in [0, 0.05) is 23.4 Å². The molecule has 114 valence electrons. The van der Waals surface area contributed by atoms with Crippen LogP contribution in [-0.4, -0.2) is 16.0 Å². The number of amides is 1. The molecule has 0 radical (unpaired) electrons. The zero-order valence-corrected chi connectivity index (χ0v) is 12.6.